The summed E-state index contributed by atoms with van der Waals surface area (Å²) < 4.78 is 5.33. The highest BCUT2D eigenvalue weighted by Crippen LogP contribution is 2.17. The molecule has 0 radical (unpaired) electrons. The first-order valence-electron chi connectivity index (χ1n) is 5.13. The molecule has 0 aromatic heterocycles. The summed E-state index contributed by atoms with van der Waals surface area (Å²) in [6.07, 6.45) is 0. The van der Waals surface area contributed by atoms with E-state index in [0.29, 0.717) is 6.61 Å². The van der Waals surface area contributed by atoms with Gasteiger partial charge in [0.25, 0.3) is 0 Å². The molecule has 0 bridgehead atoms. The van der Waals surface area contributed by atoms with Gasteiger partial charge in [-0.05, 0) is 31.5 Å². The molecule has 0 saturated heterocycles. The Morgan fingerprint density at radius 3 is 2.47 bits per heavy atom. The Balaban J connectivity index is 2.66. The quantitative estimate of drug-likeness (QED) is 0.822. The standard InChI is InChI=1S/C12H17NO2/c1-4-15-12-7-5-11(6-8-12)9(2)13-10(3)14/h5-9H,4H2,1-3H3,(H,13,14)/t9-/m1/s1. The molecule has 0 fully saturated rings. The Morgan fingerprint density at radius 2 is 2.00 bits per heavy atom. The zero-order valence-electron chi connectivity index (χ0n) is 9.41. The lowest BCUT2D eigenvalue weighted by Gasteiger charge is -2.13. The van der Waals surface area contributed by atoms with E-state index < -0.39 is 0 Å². The summed E-state index contributed by atoms with van der Waals surface area (Å²) in [6.45, 7) is 6.09. The van der Waals surface area contributed by atoms with E-state index in [4.69, 9.17) is 4.74 Å². The van der Waals surface area contributed by atoms with Crippen molar-refractivity contribution in [3.8, 4) is 5.75 Å². The molecule has 0 heterocycles. The van der Waals surface area contributed by atoms with E-state index in [2.05, 4.69) is 5.32 Å². The highest BCUT2D eigenvalue weighted by atomic mass is 16.5. The summed E-state index contributed by atoms with van der Waals surface area (Å²) in [5.41, 5.74) is 1.08. The van der Waals surface area contributed by atoms with Gasteiger partial charge in [0.2, 0.25) is 5.91 Å². The number of carbonyl (C=O) groups is 1. The zero-order chi connectivity index (χ0) is 11.3. The van der Waals surface area contributed by atoms with Crippen LogP contribution in [0.25, 0.3) is 0 Å². The van der Waals surface area contributed by atoms with Gasteiger partial charge in [-0.3, -0.25) is 4.79 Å². The molecule has 0 aliphatic carbocycles. The molecule has 1 atom stereocenters. The van der Waals surface area contributed by atoms with E-state index in [0.717, 1.165) is 11.3 Å². The summed E-state index contributed by atoms with van der Waals surface area (Å²) in [4.78, 5) is 10.9. The predicted octanol–water partition coefficient (Wildman–Crippen LogP) is 2.28. The molecule has 1 aromatic carbocycles. The van der Waals surface area contributed by atoms with Crippen molar-refractivity contribution in [2.45, 2.75) is 26.8 Å². The first kappa shape index (κ1) is 11.6. The Labute approximate surface area is 90.4 Å². The molecule has 1 N–H and O–H groups in total. The van der Waals surface area contributed by atoms with E-state index in [1.165, 1.54) is 6.92 Å². The van der Waals surface area contributed by atoms with Gasteiger partial charge in [0.15, 0.2) is 0 Å². The number of amides is 1. The van der Waals surface area contributed by atoms with Crippen molar-refractivity contribution >= 4 is 5.91 Å². The van der Waals surface area contributed by atoms with Gasteiger partial charge in [0.05, 0.1) is 12.6 Å². The maximum Gasteiger partial charge on any atom is 0.217 e. The van der Waals surface area contributed by atoms with Crippen LogP contribution in [0, 0.1) is 0 Å². The van der Waals surface area contributed by atoms with E-state index in [1.54, 1.807) is 0 Å². The maximum absolute atomic E-state index is 10.9. The van der Waals surface area contributed by atoms with Gasteiger partial charge in [0, 0.05) is 6.92 Å². The van der Waals surface area contributed by atoms with Crippen LogP contribution in [-0.4, -0.2) is 12.5 Å². The molecule has 3 nitrogen and oxygen atoms in total. The Hall–Kier alpha value is -1.51. The van der Waals surface area contributed by atoms with E-state index >= 15 is 0 Å². The number of benzene rings is 1. The first-order chi connectivity index (χ1) is 7.13. The second-order valence-electron chi connectivity index (χ2n) is 3.42. The summed E-state index contributed by atoms with van der Waals surface area (Å²) in [5, 5.41) is 2.83. The molecule has 0 spiro atoms. The smallest absolute Gasteiger partial charge is 0.217 e. The highest BCUT2D eigenvalue weighted by Gasteiger charge is 2.05. The van der Waals surface area contributed by atoms with E-state index in [1.807, 2.05) is 38.1 Å². The summed E-state index contributed by atoms with van der Waals surface area (Å²) in [6, 6.07) is 7.80. The third-order valence-corrected chi connectivity index (χ3v) is 2.11. The molecular weight excluding hydrogens is 190 g/mol. The van der Waals surface area contributed by atoms with Gasteiger partial charge in [0.1, 0.15) is 5.75 Å². The zero-order valence-corrected chi connectivity index (χ0v) is 9.41. The third-order valence-electron chi connectivity index (χ3n) is 2.11. The Morgan fingerprint density at radius 1 is 1.40 bits per heavy atom. The Bertz CT molecular complexity index is 319. The van der Waals surface area contributed by atoms with Gasteiger partial charge < -0.3 is 10.1 Å². The normalized spacial score (nSPS) is 11.9. The number of hydrogen-bond donors (Lipinski definition) is 1. The van der Waals surface area contributed by atoms with E-state index in [-0.39, 0.29) is 11.9 Å². The molecule has 1 aromatic rings. The summed E-state index contributed by atoms with van der Waals surface area (Å²) in [7, 11) is 0. The molecule has 0 aliphatic heterocycles. The summed E-state index contributed by atoms with van der Waals surface area (Å²) in [5.74, 6) is 0.840. The van der Waals surface area contributed by atoms with Crippen LogP contribution in [-0.2, 0) is 4.79 Å². The van der Waals surface area contributed by atoms with Crippen molar-refractivity contribution in [2.75, 3.05) is 6.61 Å². The van der Waals surface area contributed by atoms with Crippen LogP contribution >= 0.6 is 0 Å². The van der Waals surface area contributed by atoms with Gasteiger partial charge in [-0.1, -0.05) is 12.1 Å². The fourth-order valence-electron chi connectivity index (χ4n) is 1.41. The number of hydrogen-bond acceptors (Lipinski definition) is 2. The number of carbonyl (C=O) groups excluding carboxylic acids is 1. The largest absolute Gasteiger partial charge is 0.494 e. The van der Waals surface area contributed by atoms with Crippen molar-refractivity contribution in [1.29, 1.82) is 0 Å². The fraction of sp³-hybridized carbons (Fsp3) is 0.417. The molecule has 3 heteroatoms. The molecule has 82 valence electrons. The van der Waals surface area contributed by atoms with Crippen molar-refractivity contribution in [2.24, 2.45) is 0 Å². The number of nitrogens with one attached hydrogen (secondary N) is 1. The monoisotopic (exact) mass is 207 g/mol. The van der Waals surface area contributed by atoms with Crippen molar-refractivity contribution in [3.63, 3.8) is 0 Å². The molecule has 0 aliphatic rings. The number of ether oxygens (including phenoxy) is 1. The summed E-state index contributed by atoms with van der Waals surface area (Å²) >= 11 is 0. The molecule has 0 unspecified atom stereocenters. The fourth-order valence-corrected chi connectivity index (χ4v) is 1.41. The maximum atomic E-state index is 10.9. The van der Waals surface area contributed by atoms with E-state index in [9.17, 15) is 4.79 Å². The van der Waals surface area contributed by atoms with Crippen LogP contribution < -0.4 is 10.1 Å². The second kappa shape index (κ2) is 5.39. The van der Waals surface area contributed by atoms with Crippen LogP contribution in [0.5, 0.6) is 5.75 Å². The van der Waals surface area contributed by atoms with Crippen LogP contribution in [0.4, 0.5) is 0 Å². The van der Waals surface area contributed by atoms with Crippen LogP contribution in [0.15, 0.2) is 24.3 Å². The lowest BCUT2D eigenvalue weighted by Crippen LogP contribution is -2.23. The molecule has 0 saturated carbocycles. The molecule has 1 rings (SSSR count). The van der Waals surface area contributed by atoms with Crippen molar-refractivity contribution < 1.29 is 9.53 Å². The van der Waals surface area contributed by atoms with Crippen LogP contribution in [0.1, 0.15) is 32.4 Å². The Kier molecular flexibility index (Phi) is 4.16. The second-order valence-corrected chi connectivity index (χ2v) is 3.42. The average molecular weight is 207 g/mol. The average Bonchev–Trinajstić information content (AvgIpc) is 2.18. The van der Waals surface area contributed by atoms with Gasteiger partial charge >= 0.3 is 0 Å². The lowest BCUT2D eigenvalue weighted by molar-refractivity contribution is -0.119. The number of rotatable bonds is 4. The minimum absolute atomic E-state index is 0.0172. The first-order valence-corrected chi connectivity index (χ1v) is 5.13. The topological polar surface area (TPSA) is 38.3 Å². The predicted molar refractivity (Wildman–Crippen MR) is 59.8 cm³/mol. The highest BCUT2D eigenvalue weighted by molar-refractivity contribution is 5.73. The van der Waals surface area contributed by atoms with Gasteiger partial charge in [-0.15, -0.1) is 0 Å². The lowest BCUT2D eigenvalue weighted by atomic mass is 10.1. The van der Waals surface area contributed by atoms with Crippen molar-refractivity contribution in [1.82, 2.24) is 5.32 Å². The molecular formula is C12H17NO2. The van der Waals surface area contributed by atoms with Gasteiger partial charge in [-0.25, -0.2) is 0 Å². The molecule has 1 amide bonds. The van der Waals surface area contributed by atoms with Gasteiger partial charge in [-0.2, -0.15) is 0 Å². The van der Waals surface area contributed by atoms with Crippen LogP contribution in [0.2, 0.25) is 0 Å². The van der Waals surface area contributed by atoms with Crippen molar-refractivity contribution in [3.05, 3.63) is 29.8 Å². The third kappa shape index (κ3) is 3.62. The minimum atomic E-state index is -0.0172. The van der Waals surface area contributed by atoms with Crippen LogP contribution in [0.3, 0.4) is 0 Å². The minimum Gasteiger partial charge on any atom is -0.494 e. The molecule has 15 heavy (non-hydrogen) atoms. The SMILES string of the molecule is CCOc1ccc([C@@H](C)NC(C)=O)cc1.